The van der Waals surface area contributed by atoms with Gasteiger partial charge in [-0.1, -0.05) is 12.8 Å². The third-order valence-corrected chi connectivity index (χ3v) is 4.27. The lowest BCUT2D eigenvalue weighted by atomic mass is 9.82. The van der Waals surface area contributed by atoms with E-state index in [1.165, 1.54) is 25.7 Å². The SMILES string of the molecule is CN(CC1(CO)CCCOC1)C1CCCC1. The molecule has 0 aromatic carbocycles. The van der Waals surface area contributed by atoms with Crippen LogP contribution in [-0.2, 0) is 4.74 Å². The van der Waals surface area contributed by atoms with Crippen LogP contribution in [0.1, 0.15) is 38.5 Å². The molecule has 0 spiro atoms. The smallest absolute Gasteiger partial charge is 0.0556 e. The highest BCUT2D eigenvalue weighted by atomic mass is 16.5. The quantitative estimate of drug-likeness (QED) is 0.792. The first-order valence-electron chi connectivity index (χ1n) is 6.65. The van der Waals surface area contributed by atoms with Crippen molar-refractivity contribution in [1.29, 1.82) is 0 Å². The van der Waals surface area contributed by atoms with E-state index in [0.29, 0.717) is 0 Å². The van der Waals surface area contributed by atoms with Crippen LogP contribution in [-0.4, -0.2) is 49.5 Å². The maximum Gasteiger partial charge on any atom is 0.0556 e. The van der Waals surface area contributed by atoms with Gasteiger partial charge in [0, 0.05) is 24.6 Å². The van der Waals surface area contributed by atoms with Crippen molar-refractivity contribution in [3.63, 3.8) is 0 Å². The highest BCUT2D eigenvalue weighted by Crippen LogP contribution is 2.31. The van der Waals surface area contributed by atoms with Crippen molar-refractivity contribution in [2.24, 2.45) is 5.41 Å². The number of ether oxygens (including phenoxy) is 1. The van der Waals surface area contributed by atoms with E-state index < -0.39 is 0 Å². The maximum absolute atomic E-state index is 9.63. The van der Waals surface area contributed by atoms with Gasteiger partial charge in [0.05, 0.1) is 13.2 Å². The summed E-state index contributed by atoms with van der Waals surface area (Å²) in [6, 6.07) is 0.741. The summed E-state index contributed by atoms with van der Waals surface area (Å²) in [5.41, 5.74) is 0.00951. The Balaban J connectivity index is 1.89. The van der Waals surface area contributed by atoms with E-state index >= 15 is 0 Å². The van der Waals surface area contributed by atoms with Crippen LogP contribution in [0.25, 0.3) is 0 Å². The zero-order chi connectivity index (χ0) is 11.4. The minimum atomic E-state index is 0.00951. The summed E-state index contributed by atoms with van der Waals surface area (Å²) in [5.74, 6) is 0. The Morgan fingerprint density at radius 3 is 2.62 bits per heavy atom. The molecule has 16 heavy (non-hydrogen) atoms. The van der Waals surface area contributed by atoms with Gasteiger partial charge in [-0.25, -0.2) is 0 Å². The van der Waals surface area contributed by atoms with Gasteiger partial charge in [-0.3, -0.25) is 0 Å². The number of aliphatic hydroxyl groups is 1. The average molecular weight is 227 g/mol. The van der Waals surface area contributed by atoms with E-state index in [9.17, 15) is 5.11 Å². The van der Waals surface area contributed by atoms with Crippen LogP contribution in [0.2, 0.25) is 0 Å². The van der Waals surface area contributed by atoms with Gasteiger partial charge in [-0.2, -0.15) is 0 Å². The van der Waals surface area contributed by atoms with Gasteiger partial charge in [-0.05, 0) is 32.7 Å². The highest BCUT2D eigenvalue weighted by molar-refractivity contribution is 4.87. The van der Waals surface area contributed by atoms with Gasteiger partial charge in [-0.15, -0.1) is 0 Å². The number of hydrogen-bond acceptors (Lipinski definition) is 3. The van der Waals surface area contributed by atoms with Crippen LogP contribution in [0.15, 0.2) is 0 Å². The molecule has 2 fully saturated rings. The molecule has 1 atom stereocenters. The second-order valence-corrected chi connectivity index (χ2v) is 5.67. The van der Waals surface area contributed by atoms with Crippen LogP contribution in [0, 0.1) is 5.41 Å². The first-order chi connectivity index (χ1) is 7.76. The molecule has 0 radical (unpaired) electrons. The second kappa shape index (κ2) is 5.48. The van der Waals surface area contributed by atoms with Gasteiger partial charge < -0.3 is 14.7 Å². The predicted molar refractivity (Wildman–Crippen MR) is 64.5 cm³/mol. The van der Waals surface area contributed by atoms with Crippen molar-refractivity contribution in [1.82, 2.24) is 4.90 Å². The number of hydrogen-bond donors (Lipinski definition) is 1. The molecular formula is C13H25NO2. The third-order valence-electron chi connectivity index (χ3n) is 4.27. The minimum Gasteiger partial charge on any atom is -0.396 e. The Kier molecular flexibility index (Phi) is 4.22. The molecule has 1 saturated heterocycles. The number of nitrogens with zero attached hydrogens (tertiary/aromatic N) is 1. The van der Waals surface area contributed by atoms with E-state index in [-0.39, 0.29) is 12.0 Å². The standard InChI is InChI=1S/C13H25NO2/c1-14(12-5-2-3-6-12)9-13(10-15)7-4-8-16-11-13/h12,15H,2-11H2,1H3. The van der Waals surface area contributed by atoms with E-state index in [0.717, 1.165) is 38.6 Å². The molecular weight excluding hydrogens is 202 g/mol. The van der Waals surface area contributed by atoms with Crippen molar-refractivity contribution in [3.05, 3.63) is 0 Å². The molecule has 0 aromatic heterocycles. The third kappa shape index (κ3) is 2.76. The molecule has 3 heteroatoms. The fraction of sp³-hybridized carbons (Fsp3) is 1.00. The van der Waals surface area contributed by atoms with Crippen LogP contribution < -0.4 is 0 Å². The topological polar surface area (TPSA) is 32.7 Å². The molecule has 2 aliphatic rings. The molecule has 1 N–H and O–H groups in total. The van der Waals surface area contributed by atoms with Crippen molar-refractivity contribution >= 4 is 0 Å². The fourth-order valence-electron chi connectivity index (χ4n) is 3.21. The zero-order valence-electron chi connectivity index (χ0n) is 10.5. The molecule has 94 valence electrons. The van der Waals surface area contributed by atoms with Gasteiger partial charge in [0.2, 0.25) is 0 Å². The normalized spacial score (nSPS) is 32.4. The number of aliphatic hydroxyl groups excluding tert-OH is 1. The Morgan fingerprint density at radius 2 is 2.06 bits per heavy atom. The monoisotopic (exact) mass is 227 g/mol. The largest absolute Gasteiger partial charge is 0.396 e. The van der Waals surface area contributed by atoms with Crippen molar-refractivity contribution in [2.45, 2.75) is 44.6 Å². The van der Waals surface area contributed by atoms with Crippen molar-refractivity contribution in [2.75, 3.05) is 33.4 Å². The molecule has 0 bridgehead atoms. The molecule has 1 saturated carbocycles. The van der Waals surface area contributed by atoms with Crippen LogP contribution >= 0.6 is 0 Å². The predicted octanol–water partition coefficient (Wildman–Crippen LogP) is 1.65. The van der Waals surface area contributed by atoms with E-state index in [1.54, 1.807) is 0 Å². The zero-order valence-corrected chi connectivity index (χ0v) is 10.5. The molecule has 1 aliphatic heterocycles. The molecule has 1 unspecified atom stereocenters. The summed E-state index contributed by atoms with van der Waals surface area (Å²) >= 11 is 0. The maximum atomic E-state index is 9.63. The molecule has 1 aliphatic carbocycles. The van der Waals surface area contributed by atoms with Crippen molar-refractivity contribution < 1.29 is 9.84 Å². The molecule has 2 rings (SSSR count). The number of rotatable bonds is 4. The first kappa shape index (κ1) is 12.3. The fourth-order valence-corrected chi connectivity index (χ4v) is 3.21. The summed E-state index contributed by atoms with van der Waals surface area (Å²) in [5, 5.41) is 9.63. The lowest BCUT2D eigenvalue weighted by molar-refractivity contribution is -0.0567. The first-order valence-corrected chi connectivity index (χ1v) is 6.65. The van der Waals surface area contributed by atoms with Crippen LogP contribution in [0.4, 0.5) is 0 Å². The van der Waals surface area contributed by atoms with Crippen molar-refractivity contribution in [3.8, 4) is 0 Å². The van der Waals surface area contributed by atoms with E-state index in [4.69, 9.17) is 4.74 Å². The van der Waals surface area contributed by atoms with Gasteiger partial charge in [0.1, 0.15) is 0 Å². The molecule has 0 amide bonds. The molecule has 3 nitrogen and oxygen atoms in total. The van der Waals surface area contributed by atoms with E-state index in [1.807, 2.05) is 0 Å². The molecule has 1 heterocycles. The summed E-state index contributed by atoms with van der Waals surface area (Å²) in [4.78, 5) is 2.46. The van der Waals surface area contributed by atoms with Gasteiger partial charge in [0.15, 0.2) is 0 Å². The highest BCUT2D eigenvalue weighted by Gasteiger charge is 2.35. The summed E-state index contributed by atoms with van der Waals surface area (Å²) in [7, 11) is 2.21. The minimum absolute atomic E-state index is 0.00951. The Morgan fingerprint density at radius 1 is 1.31 bits per heavy atom. The lowest BCUT2D eigenvalue weighted by Gasteiger charge is -2.40. The lowest BCUT2D eigenvalue weighted by Crippen LogP contribution is -2.46. The van der Waals surface area contributed by atoms with Crippen LogP contribution in [0.3, 0.4) is 0 Å². The Bertz CT molecular complexity index is 208. The average Bonchev–Trinajstić information content (AvgIpc) is 2.84. The Labute approximate surface area is 98.8 Å². The van der Waals surface area contributed by atoms with Gasteiger partial charge in [0.25, 0.3) is 0 Å². The molecule has 0 aromatic rings. The Hall–Kier alpha value is -0.120. The summed E-state index contributed by atoms with van der Waals surface area (Å²) in [6.45, 7) is 2.87. The summed E-state index contributed by atoms with van der Waals surface area (Å²) < 4.78 is 5.55. The van der Waals surface area contributed by atoms with Gasteiger partial charge >= 0.3 is 0 Å². The second-order valence-electron chi connectivity index (χ2n) is 5.67. The summed E-state index contributed by atoms with van der Waals surface area (Å²) in [6.07, 6.45) is 7.62. The van der Waals surface area contributed by atoms with E-state index in [2.05, 4.69) is 11.9 Å². The van der Waals surface area contributed by atoms with Crippen LogP contribution in [0.5, 0.6) is 0 Å².